The highest BCUT2D eigenvalue weighted by molar-refractivity contribution is 5.87. The first-order valence-electron chi connectivity index (χ1n) is 11.4. The smallest absolute Gasteiger partial charge is 0.269 e. The molecule has 2 aliphatic rings. The fraction of sp³-hybridized carbons (Fsp3) is 0.250. The van der Waals surface area contributed by atoms with Crippen LogP contribution >= 0.6 is 0 Å². The van der Waals surface area contributed by atoms with E-state index in [1.807, 2.05) is 86.5 Å². The fourth-order valence-electron chi connectivity index (χ4n) is 4.82. The van der Waals surface area contributed by atoms with Gasteiger partial charge in [0.05, 0.1) is 0 Å². The van der Waals surface area contributed by atoms with Gasteiger partial charge in [-0.2, -0.15) is 5.06 Å². The van der Waals surface area contributed by atoms with Gasteiger partial charge in [-0.3, -0.25) is 14.5 Å². The maximum absolute atomic E-state index is 13.8. The SMILES string of the molecule is C/C=C(\C)N1OC(CC)C(=O)N(OCc2ccccc2)C12c1ccccc1-c1ccccc12. The van der Waals surface area contributed by atoms with Crippen LogP contribution in [0.5, 0.6) is 0 Å². The van der Waals surface area contributed by atoms with Gasteiger partial charge >= 0.3 is 0 Å². The molecular formula is C28H28N2O3. The minimum Gasteiger partial charge on any atom is -0.269 e. The lowest BCUT2D eigenvalue weighted by Crippen LogP contribution is -2.66. The summed E-state index contributed by atoms with van der Waals surface area (Å²) in [5, 5.41) is 3.44. The van der Waals surface area contributed by atoms with E-state index >= 15 is 0 Å². The summed E-state index contributed by atoms with van der Waals surface area (Å²) in [4.78, 5) is 26.7. The second-order valence-corrected chi connectivity index (χ2v) is 8.38. The molecule has 0 bridgehead atoms. The van der Waals surface area contributed by atoms with Crippen molar-refractivity contribution < 1.29 is 14.5 Å². The molecule has 1 saturated heterocycles. The fourth-order valence-corrected chi connectivity index (χ4v) is 4.82. The van der Waals surface area contributed by atoms with Gasteiger partial charge in [0.1, 0.15) is 6.61 Å². The van der Waals surface area contributed by atoms with Crippen LogP contribution < -0.4 is 0 Å². The summed E-state index contributed by atoms with van der Waals surface area (Å²) in [7, 11) is 0. The van der Waals surface area contributed by atoms with Crippen LogP contribution in [0.25, 0.3) is 11.1 Å². The monoisotopic (exact) mass is 440 g/mol. The zero-order valence-corrected chi connectivity index (χ0v) is 19.2. The van der Waals surface area contributed by atoms with Gasteiger partial charge in [-0.15, -0.1) is 0 Å². The molecule has 1 heterocycles. The third-order valence-electron chi connectivity index (χ3n) is 6.50. The van der Waals surface area contributed by atoms with Crippen molar-refractivity contribution >= 4 is 5.91 Å². The molecule has 5 rings (SSSR count). The lowest BCUT2D eigenvalue weighted by molar-refractivity contribution is -0.356. The van der Waals surface area contributed by atoms with Crippen molar-refractivity contribution in [2.45, 2.75) is 45.6 Å². The van der Waals surface area contributed by atoms with Crippen LogP contribution in [0, 0.1) is 0 Å². The molecule has 1 aliphatic carbocycles. The first kappa shape index (κ1) is 21.4. The van der Waals surface area contributed by atoms with Gasteiger partial charge in [-0.25, -0.2) is 5.06 Å². The topological polar surface area (TPSA) is 42.0 Å². The van der Waals surface area contributed by atoms with E-state index in [0.717, 1.165) is 33.5 Å². The molecule has 168 valence electrons. The molecule has 1 atom stereocenters. The summed E-state index contributed by atoms with van der Waals surface area (Å²) in [6, 6.07) is 26.3. The standard InChI is InChI=1S/C28H28N2O3/c1-4-20(3)29-28(24-17-11-9-15-22(24)23-16-10-12-18-25(23)28)30(27(31)26(5-2)33-29)32-19-21-13-7-6-8-14-21/h4,6-18,26H,5,19H2,1-3H3/b20-4+. The number of amides is 1. The molecule has 1 fully saturated rings. The largest absolute Gasteiger partial charge is 0.280 e. The summed E-state index contributed by atoms with van der Waals surface area (Å²) in [6.45, 7) is 6.21. The first-order valence-corrected chi connectivity index (χ1v) is 11.4. The maximum atomic E-state index is 13.8. The van der Waals surface area contributed by atoms with Gasteiger partial charge in [0.15, 0.2) is 6.10 Å². The Kier molecular flexibility index (Phi) is 5.52. The summed E-state index contributed by atoms with van der Waals surface area (Å²) >= 11 is 0. The summed E-state index contributed by atoms with van der Waals surface area (Å²) < 4.78 is 0. The second kappa shape index (κ2) is 8.50. The van der Waals surface area contributed by atoms with E-state index in [2.05, 4.69) is 24.3 Å². The van der Waals surface area contributed by atoms with Gasteiger partial charge in [-0.05, 0) is 37.0 Å². The minimum absolute atomic E-state index is 0.180. The number of hydrogen-bond acceptors (Lipinski definition) is 4. The maximum Gasteiger partial charge on any atom is 0.280 e. The van der Waals surface area contributed by atoms with Crippen molar-refractivity contribution in [1.29, 1.82) is 0 Å². The highest BCUT2D eigenvalue weighted by Crippen LogP contribution is 2.55. The molecule has 0 aromatic heterocycles. The molecule has 3 aromatic rings. The Morgan fingerprint density at radius 2 is 1.55 bits per heavy atom. The normalized spacial score (nSPS) is 19.1. The lowest BCUT2D eigenvalue weighted by Gasteiger charge is -2.53. The van der Waals surface area contributed by atoms with Crippen molar-refractivity contribution in [2.75, 3.05) is 0 Å². The summed E-state index contributed by atoms with van der Waals surface area (Å²) in [5.41, 5.74) is 4.89. The van der Waals surface area contributed by atoms with E-state index in [-0.39, 0.29) is 12.5 Å². The van der Waals surface area contributed by atoms with E-state index in [0.29, 0.717) is 6.42 Å². The second-order valence-electron chi connectivity index (χ2n) is 8.38. The van der Waals surface area contributed by atoms with Gasteiger partial charge in [0.2, 0.25) is 5.66 Å². The average Bonchev–Trinajstić information content (AvgIpc) is 3.15. The Bertz CT molecular complexity index is 1160. The van der Waals surface area contributed by atoms with Gasteiger partial charge < -0.3 is 0 Å². The van der Waals surface area contributed by atoms with Crippen LogP contribution in [0.2, 0.25) is 0 Å². The number of hydroxylamine groups is 4. The molecule has 33 heavy (non-hydrogen) atoms. The Morgan fingerprint density at radius 1 is 0.970 bits per heavy atom. The Balaban J connectivity index is 1.75. The van der Waals surface area contributed by atoms with Crippen molar-refractivity contribution in [3.8, 4) is 11.1 Å². The van der Waals surface area contributed by atoms with Crippen molar-refractivity contribution in [1.82, 2.24) is 10.1 Å². The number of hydrogen-bond donors (Lipinski definition) is 0. The number of carbonyl (C=O) groups is 1. The van der Waals surface area contributed by atoms with Crippen molar-refractivity contribution in [2.24, 2.45) is 0 Å². The number of nitrogens with zero attached hydrogens (tertiary/aromatic N) is 2. The number of carbonyl (C=O) groups excluding carboxylic acids is 1. The summed E-state index contributed by atoms with van der Waals surface area (Å²) in [5.74, 6) is -0.180. The molecular weight excluding hydrogens is 412 g/mol. The van der Waals surface area contributed by atoms with Crippen LogP contribution in [0.4, 0.5) is 0 Å². The predicted octanol–water partition coefficient (Wildman–Crippen LogP) is 5.78. The Hall–Kier alpha value is -3.41. The van der Waals surface area contributed by atoms with Crippen molar-refractivity contribution in [3.63, 3.8) is 0 Å². The third-order valence-corrected chi connectivity index (χ3v) is 6.50. The van der Waals surface area contributed by atoms with E-state index in [4.69, 9.17) is 9.68 Å². The van der Waals surface area contributed by atoms with E-state index in [1.54, 1.807) is 5.06 Å². The highest BCUT2D eigenvalue weighted by Gasteiger charge is 2.60. The van der Waals surface area contributed by atoms with Crippen LogP contribution in [0.1, 0.15) is 43.9 Å². The number of allylic oxidation sites excluding steroid dienone is 2. The third kappa shape index (κ3) is 3.19. The zero-order valence-electron chi connectivity index (χ0n) is 19.2. The van der Waals surface area contributed by atoms with E-state index in [9.17, 15) is 4.79 Å². The zero-order chi connectivity index (χ0) is 23.0. The highest BCUT2D eigenvalue weighted by atomic mass is 16.8. The average molecular weight is 441 g/mol. The van der Waals surface area contributed by atoms with Crippen LogP contribution in [-0.4, -0.2) is 22.1 Å². The quantitative estimate of drug-likeness (QED) is 0.505. The van der Waals surface area contributed by atoms with Crippen LogP contribution in [0.3, 0.4) is 0 Å². The molecule has 1 unspecified atom stereocenters. The molecule has 1 spiro atoms. The van der Waals surface area contributed by atoms with Crippen LogP contribution in [-0.2, 0) is 26.7 Å². The number of fused-ring (bicyclic) bond motifs is 5. The number of rotatable bonds is 5. The van der Waals surface area contributed by atoms with Gasteiger partial charge in [0.25, 0.3) is 5.91 Å². The minimum atomic E-state index is -1.07. The van der Waals surface area contributed by atoms with E-state index in [1.165, 1.54) is 0 Å². The predicted molar refractivity (Wildman–Crippen MR) is 127 cm³/mol. The molecule has 1 amide bonds. The van der Waals surface area contributed by atoms with Gasteiger partial charge in [-0.1, -0.05) is 91.9 Å². The molecule has 5 heteroatoms. The van der Waals surface area contributed by atoms with Gasteiger partial charge in [0, 0.05) is 16.8 Å². The number of benzene rings is 3. The first-order chi connectivity index (χ1) is 16.1. The molecule has 5 nitrogen and oxygen atoms in total. The molecule has 0 N–H and O–H groups in total. The van der Waals surface area contributed by atoms with E-state index < -0.39 is 11.8 Å². The Morgan fingerprint density at radius 3 is 2.12 bits per heavy atom. The molecule has 1 aliphatic heterocycles. The molecule has 0 radical (unpaired) electrons. The van der Waals surface area contributed by atoms with Crippen molar-refractivity contribution in [3.05, 3.63) is 107 Å². The molecule has 0 saturated carbocycles. The summed E-state index contributed by atoms with van der Waals surface area (Å²) in [6.07, 6.45) is 1.90. The van der Waals surface area contributed by atoms with Crippen LogP contribution in [0.15, 0.2) is 90.6 Å². The lowest BCUT2D eigenvalue weighted by atomic mass is 9.93. The molecule has 3 aromatic carbocycles. The Labute approximate surface area is 194 Å².